The molecule has 1 aromatic rings. The average molecular weight is 334 g/mol. The molecule has 1 fully saturated rings. The lowest BCUT2D eigenvalue weighted by Crippen LogP contribution is -2.46. The van der Waals surface area contributed by atoms with Gasteiger partial charge in [-0.2, -0.15) is 0 Å². The van der Waals surface area contributed by atoms with E-state index in [0.29, 0.717) is 31.0 Å². The molecule has 0 bridgehead atoms. The SMILES string of the molecule is CCCCOC(=O)N1CCC(NC(=O)c2ccccc2OC)CC1. The van der Waals surface area contributed by atoms with E-state index in [0.717, 1.165) is 25.7 Å². The topological polar surface area (TPSA) is 67.9 Å². The van der Waals surface area contributed by atoms with Crippen LogP contribution in [-0.2, 0) is 4.74 Å². The van der Waals surface area contributed by atoms with Crippen LogP contribution in [0.2, 0.25) is 0 Å². The van der Waals surface area contributed by atoms with Gasteiger partial charge in [0.2, 0.25) is 0 Å². The fourth-order valence-electron chi connectivity index (χ4n) is 2.70. The normalized spacial score (nSPS) is 15.0. The Labute approximate surface area is 143 Å². The Hall–Kier alpha value is -2.24. The molecule has 1 aliphatic rings. The van der Waals surface area contributed by atoms with Crippen LogP contribution in [0.3, 0.4) is 0 Å². The van der Waals surface area contributed by atoms with Crippen molar-refractivity contribution in [3.63, 3.8) is 0 Å². The maximum Gasteiger partial charge on any atom is 0.409 e. The predicted molar refractivity (Wildman–Crippen MR) is 91.3 cm³/mol. The quantitative estimate of drug-likeness (QED) is 0.812. The number of amides is 2. The van der Waals surface area contributed by atoms with E-state index in [1.165, 1.54) is 0 Å². The summed E-state index contributed by atoms with van der Waals surface area (Å²) in [6.45, 7) is 3.73. The summed E-state index contributed by atoms with van der Waals surface area (Å²) < 4.78 is 10.4. The van der Waals surface area contributed by atoms with E-state index in [1.54, 1.807) is 24.1 Å². The number of carbonyl (C=O) groups excluding carboxylic acids is 2. The smallest absolute Gasteiger partial charge is 0.409 e. The highest BCUT2D eigenvalue weighted by Crippen LogP contribution is 2.18. The first-order chi connectivity index (χ1) is 11.7. The molecule has 0 saturated carbocycles. The third-order valence-electron chi connectivity index (χ3n) is 4.16. The molecule has 0 atom stereocenters. The number of rotatable bonds is 6. The number of benzene rings is 1. The molecule has 6 nitrogen and oxygen atoms in total. The Morgan fingerprint density at radius 1 is 1.25 bits per heavy atom. The van der Waals surface area contributed by atoms with E-state index in [2.05, 4.69) is 12.2 Å². The second kappa shape index (κ2) is 9.15. The van der Waals surface area contributed by atoms with Crippen molar-refractivity contribution in [3.8, 4) is 5.75 Å². The molecule has 0 aliphatic carbocycles. The van der Waals surface area contributed by atoms with Crippen LogP contribution >= 0.6 is 0 Å². The van der Waals surface area contributed by atoms with Gasteiger partial charge in [-0.25, -0.2) is 4.79 Å². The van der Waals surface area contributed by atoms with Gasteiger partial charge < -0.3 is 19.7 Å². The van der Waals surface area contributed by atoms with E-state index in [9.17, 15) is 9.59 Å². The van der Waals surface area contributed by atoms with Crippen LogP contribution in [0.1, 0.15) is 43.0 Å². The molecule has 1 aromatic carbocycles. The molecule has 1 aliphatic heterocycles. The molecule has 1 heterocycles. The van der Waals surface area contributed by atoms with Gasteiger partial charge in [0.05, 0.1) is 19.3 Å². The highest BCUT2D eigenvalue weighted by Gasteiger charge is 2.25. The molecular formula is C18H26N2O4. The standard InChI is InChI=1S/C18H26N2O4/c1-3-4-13-24-18(22)20-11-9-14(10-12-20)19-17(21)15-7-5-6-8-16(15)23-2/h5-8,14H,3-4,9-13H2,1-2H3,(H,19,21). The molecule has 0 spiro atoms. The molecule has 6 heteroatoms. The highest BCUT2D eigenvalue weighted by atomic mass is 16.6. The van der Waals surface area contributed by atoms with Crippen LogP contribution in [0.25, 0.3) is 0 Å². The highest BCUT2D eigenvalue weighted by molar-refractivity contribution is 5.97. The molecule has 1 N–H and O–H groups in total. The van der Waals surface area contributed by atoms with Gasteiger partial charge in [0.25, 0.3) is 5.91 Å². The number of methoxy groups -OCH3 is 1. The molecule has 2 rings (SSSR count). The summed E-state index contributed by atoms with van der Waals surface area (Å²) in [6, 6.07) is 7.21. The molecule has 24 heavy (non-hydrogen) atoms. The molecule has 2 amide bonds. The van der Waals surface area contributed by atoms with Crippen LogP contribution in [0, 0.1) is 0 Å². The van der Waals surface area contributed by atoms with Gasteiger partial charge in [-0.05, 0) is 31.4 Å². The Kier molecular flexibility index (Phi) is 6.90. The van der Waals surface area contributed by atoms with E-state index in [4.69, 9.17) is 9.47 Å². The predicted octanol–water partition coefficient (Wildman–Crippen LogP) is 2.83. The van der Waals surface area contributed by atoms with Crippen LogP contribution in [0.15, 0.2) is 24.3 Å². The first-order valence-electron chi connectivity index (χ1n) is 8.51. The van der Waals surface area contributed by atoms with Crippen molar-refractivity contribution in [1.29, 1.82) is 0 Å². The number of carbonyl (C=O) groups is 2. The Morgan fingerprint density at radius 2 is 1.96 bits per heavy atom. The Morgan fingerprint density at radius 3 is 2.62 bits per heavy atom. The van der Waals surface area contributed by atoms with Gasteiger partial charge in [0.1, 0.15) is 5.75 Å². The lowest BCUT2D eigenvalue weighted by atomic mass is 10.0. The molecule has 0 unspecified atom stereocenters. The number of nitrogens with zero attached hydrogens (tertiary/aromatic N) is 1. The number of likely N-dealkylation sites (tertiary alicyclic amines) is 1. The lowest BCUT2D eigenvalue weighted by molar-refractivity contribution is 0.0835. The van der Waals surface area contributed by atoms with Crippen molar-refractivity contribution in [2.24, 2.45) is 0 Å². The molecule has 1 saturated heterocycles. The average Bonchev–Trinajstić information content (AvgIpc) is 2.62. The van der Waals surface area contributed by atoms with Crippen LogP contribution in [0.4, 0.5) is 4.79 Å². The van der Waals surface area contributed by atoms with Crippen molar-refractivity contribution < 1.29 is 19.1 Å². The van der Waals surface area contributed by atoms with Gasteiger partial charge in [-0.15, -0.1) is 0 Å². The third-order valence-corrected chi connectivity index (χ3v) is 4.16. The maximum atomic E-state index is 12.4. The van der Waals surface area contributed by atoms with Crippen LogP contribution in [-0.4, -0.2) is 49.7 Å². The summed E-state index contributed by atoms with van der Waals surface area (Å²) in [5.41, 5.74) is 0.529. The number of piperidine rings is 1. The first-order valence-corrected chi connectivity index (χ1v) is 8.51. The minimum atomic E-state index is -0.252. The van der Waals surface area contributed by atoms with Crippen molar-refractivity contribution in [2.45, 2.75) is 38.6 Å². The number of hydrogen-bond donors (Lipinski definition) is 1. The van der Waals surface area contributed by atoms with E-state index in [-0.39, 0.29) is 18.0 Å². The third kappa shape index (κ3) is 4.88. The van der Waals surface area contributed by atoms with E-state index in [1.807, 2.05) is 12.1 Å². The lowest BCUT2D eigenvalue weighted by Gasteiger charge is -2.31. The molecular weight excluding hydrogens is 308 g/mol. The Balaban J connectivity index is 1.80. The maximum absolute atomic E-state index is 12.4. The zero-order chi connectivity index (χ0) is 17.4. The summed E-state index contributed by atoms with van der Waals surface area (Å²) in [4.78, 5) is 26.0. The fourth-order valence-corrected chi connectivity index (χ4v) is 2.70. The van der Waals surface area contributed by atoms with Gasteiger partial charge in [0.15, 0.2) is 0 Å². The van der Waals surface area contributed by atoms with E-state index >= 15 is 0 Å². The summed E-state index contributed by atoms with van der Waals surface area (Å²) in [5.74, 6) is 0.420. The number of para-hydroxylation sites is 1. The zero-order valence-corrected chi connectivity index (χ0v) is 14.4. The van der Waals surface area contributed by atoms with Crippen LogP contribution < -0.4 is 10.1 Å². The van der Waals surface area contributed by atoms with Crippen molar-refractivity contribution in [2.75, 3.05) is 26.8 Å². The molecule has 0 radical (unpaired) electrons. The van der Waals surface area contributed by atoms with Gasteiger partial charge >= 0.3 is 6.09 Å². The van der Waals surface area contributed by atoms with Crippen LogP contribution in [0.5, 0.6) is 5.75 Å². The summed E-state index contributed by atoms with van der Waals surface area (Å²) in [5, 5.41) is 3.02. The van der Waals surface area contributed by atoms with Crippen molar-refractivity contribution >= 4 is 12.0 Å². The minimum Gasteiger partial charge on any atom is -0.496 e. The number of hydrogen-bond acceptors (Lipinski definition) is 4. The molecule has 0 aromatic heterocycles. The number of nitrogens with one attached hydrogen (secondary N) is 1. The second-order valence-electron chi connectivity index (χ2n) is 5.90. The Bertz CT molecular complexity index is 554. The van der Waals surface area contributed by atoms with Crippen molar-refractivity contribution in [1.82, 2.24) is 10.2 Å². The fraction of sp³-hybridized carbons (Fsp3) is 0.556. The summed E-state index contributed by atoms with van der Waals surface area (Å²) in [6.07, 6.45) is 3.09. The van der Waals surface area contributed by atoms with Gasteiger partial charge in [-0.3, -0.25) is 4.79 Å². The van der Waals surface area contributed by atoms with Gasteiger partial charge in [0, 0.05) is 19.1 Å². The molecule has 132 valence electrons. The number of unbranched alkanes of at least 4 members (excludes halogenated alkanes) is 1. The first kappa shape index (κ1) is 18.1. The second-order valence-corrected chi connectivity index (χ2v) is 5.90. The summed E-state index contributed by atoms with van der Waals surface area (Å²) >= 11 is 0. The van der Waals surface area contributed by atoms with Crippen molar-refractivity contribution in [3.05, 3.63) is 29.8 Å². The minimum absolute atomic E-state index is 0.0575. The van der Waals surface area contributed by atoms with E-state index < -0.39 is 0 Å². The number of ether oxygens (including phenoxy) is 2. The monoisotopic (exact) mass is 334 g/mol. The summed E-state index contributed by atoms with van der Waals surface area (Å²) in [7, 11) is 1.55. The zero-order valence-electron chi connectivity index (χ0n) is 14.4. The van der Waals surface area contributed by atoms with Gasteiger partial charge in [-0.1, -0.05) is 25.5 Å². The largest absolute Gasteiger partial charge is 0.496 e.